The minimum absolute atomic E-state index is 0.0360. The van der Waals surface area contributed by atoms with Crippen molar-refractivity contribution >= 4 is 28.7 Å². The number of piperidine rings is 1. The molecule has 8 nitrogen and oxygen atoms in total. The predicted molar refractivity (Wildman–Crippen MR) is 136 cm³/mol. The van der Waals surface area contributed by atoms with Crippen LogP contribution in [0.3, 0.4) is 0 Å². The highest BCUT2D eigenvalue weighted by Gasteiger charge is 2.36. The van der Waals surface area contributed by atoms with E-state index >= 15 is 0 Å². The Morgan fingerprint density at radius 2 is 1.66 bits per heavy atom. The van der Waals surface area contributed by atoms with Gasteiger partial charge in [0.1, 0.15) is 11.7 Å². The van der Waals surface area contributed by atoms with Crippen molar-refractivity contribution in [2.24, 2.45) is 0 Å². The molecule has 0 radical (unpaired) electrons. The standard InChI is InChI=1S/C27H29N7O/c35-26(28-16-19-10-4-1-5-11-19)21-18-34(17-20-12-6-2-7-13-20)25-22-23(21)31-32-24(22)29-27(30-25)33-14-8-3-9-15-33/h1-2,4-7,10-13,21H,3,8-9,14-18H2,(H,28,35)(H,29,30,31,32). The SMILES string of the molecule is O=C(NCc1ccccc1)C1CN(Cc2ccccc2)c2nc(N3CCCCC3)nc3[nH]nc1c23. The highest BCUT2D eigenvalue weighted by molar-refractivity contribution is 5.98. The van der Waals surface area contributed by atoms with Crippen LogP contribution in [0.1, 0.15) is 42.0 Å². The Kier molecular flexibility index (Phi) is 5.78. The third-order valence-electron chi connectivity index (χ3n) is 6.93. The fourth-order valence-corrected chi connectivity index (χ4v) is 5.09. The lowest BCUT2D eigenvalue weighted by Gasteiger charge is -2.33. The van der Waals surface area contributed by atoms with Gasteiger partial charge in [0.05, 0.1) is 11.1 Å². The summed E-state index contributed by atoms with van der Waals surface area (Å²) in [6, 6.07) is 20.3. The number of nitrogens with zero attached hydrogens (tertiary/aromatic N) is 5. The predicted octanol–water partition coefficient (Wildman–Crippen LogP) is 3.76. The molecule has 178 valence electrons. The molecule has 1 atom stereocenters. The molecule has 6 rings (SSSR count). The fourth-order valence-electron chi connectivity index (χ4n) is 5.09. The lowest BCUT2D eigenvalue weighted by atomic mass is 9.96. The van der Waals surface area contributed by atoms with Gasteiger partial charge in [0, 0.05) is 32.7 Å². The zero-order valence-corrected chi connectivity index (χ0v) is 19.7. The number of rotatable bonds is 6. The molecule has 0 bridgehead atoms. The van der Waals surface area contributed by atoms with Crippen LogP contribution in [0, 0.1) is 0 Å². The smallest absolute Gasteiger partial charge is 0.231 e. The van der Waals surface area contributed by atoms with Gasteiger partial charge in [-0.2, -0.15) is 15.1 Å². The van der Waals surface area contributed by atoms with Gasteiger partial charge in [-0.15, -0.1) is 0 Å². The molecule has 0 saturated carbocycles. The summed E-state index contributed by atoms with van der Waals surface area (Å²) in [5.74, 6) is 1.15. The minimum Gasteiger partial charge on any atom is -0.351 e. The van der Waals surface area contributed by atoms with Crippen LogP contribution in [-0.4, -0.2) is 45.7 Å². The van der Waals surface area contributed by atoms with Crippen LogP contribution in [0.5, 0.6) is 0 Å². The Bertz CT molecular complexity index is 1320. The van der Waals surface area contributed by atoms with Gasteiger partial charge in [0.25, 0.3) is 0 Å². The molecule has 0 aliphatic carbocycles. The highest BCUT2D eigenvalue weighted by atomic mass is 16.1. The number of carbonyl (C=O) groups is 1. The van der Waals surface area contributed by atoms with Gasteiger partial charge >= 0.3 is 0 Å². The first-order chi connectivity index (χ1) is 17.3. The molecule has 2 aromatic heterocycles. The van der Waals surface area contributed by atoms with E-state index in [0.29, 0.717) is 25.3 Å². The van der Waals surface area contributed by atoms with Gasteiger partial charge in [-0.3, -0.25) is 9.89 Å². The number of anilines is 2. The number of carbonyl (C=O) groups excluding carboxylic acids is 1. The maximum absolute atomic E-state index is 13.4. The van der Waals surface area contributed by atoms with Gasteiger partial charge in [-0.1, -0.05) is 60.7 Å². The Morgan fingerprint density at radius 3 is 2.40 bits per heavy atom. The summed E-state index contributed by atoms with van der Waals surface area (Å²) in [5, 5.41) is 11.7. The van der Waals surface area contributed by atoms with Gasteiger partial charge in [0.2, 0.25) is 11.9 Å². The van der Waals surface area contributed by atoms with Crippen molar-refractivity contribution < 1.29 is 4.79 Å². The Hall–Kier alpha value is -3.94. The van der Waals surface area contributed by atoms with Crippen molar-refractivity contribution in [3.05, 3.63) is 77.5 Å². The van der Waals surface area contributed by atoms with Crippen LogP contribution in [0.4, 0.5) is 11.8 Å². The van der Waals surface area contributed by atoms with Gasteiger partial charge in [-0.05, 0) is 30.4 Å². The third kappa shape index (κ3) is 4.32. The Labute approximate surface area is 204 Å². The van der Waals surface area contributed by atoms with Crippen molar-refractivity contribution in [1.82, 2.24) is 25.5 Å². The maximum atomic E-state index is 13.4. The zero-order valence-electron chi connectivity index (χ0n) is 19.7. The largest absolute Gasteiger partial charge is 0.351 e. The van der Waals surface area contributed by atoms with Crippen LogP contribution >= 0.6 is 0 Å². The second-order valence-corrected chi connectivity index (χ2v) is 9.35. The van der Waals surface area contributed by atoms with Crippen LogP contribution < -0.4 is 15.1 Å². The van der Waals surface area contributed by atoms with E-state index in [2.05, 4.69) is 37.4 Å². The molecule has 0 spiro atoms. The molecular formula is C27H29N7O. The summed E-state index contributed by atoms with van der Waals surface area (Å²) in [6.45, 7) is 3.60. The highest BCUT2D eigenvalue weighted by Crippen LogP contribution is 2.38. The minimum atomic E-state index is -0.409. The number of nitrogens with one attached hydrogen (secondary N) is 2. The molecule has 1 saturated heterocycles. The topological polar surface area (TPSA) is 90.0 Å². The van der Waals surface area contributed by atoms with E-state index in [1.54, 1.807) is 0 Å². The van der Waals surface area contributed by atoms with E-state index < -0.39 is 5.92 Å². The van der Waals surface area contributed by atoms with Gasteiger partial charge in [0.15, 0.2) is 5.65 Å². The number of amides is 1. The van der Waals surface area contributed by atoms with Crippen molar-refractivity contribution in [2.75, 3.05) is 29.4 Å². The molecule has 4 aromatic rings. The normalized spacial score (nSPS) is 17.5. The third-order valence-corrected chi connectivity index (χ3v) is 6.93. The van der Waals surface area contributed by atoms with Crippen LogP contribution in [0.25, 0.3) is 11.0 Å². The van der Waals surface area contributed by atoms with Gasteiger partial charge in [-0.25, -0.2) is 0 Å². The molecule has 2 aliphatic heterocycles. The average molecular weight is 468 g/mol. The fraction of sp³-hybridized carbons (Fsp3) is 0.333. The molecule has 2 aliphatic rings. The Morgan fingerprint density at radius 1 is 0.943 bits per heavy atom. The molecular weight excluding hydrogens is 438 g/mol. The van der Waals surface area contributed by atoms with E-state index in [1.165, 1.54) is 12.0 Å². The first kappa shape index (κ1) is 21.6. The average Bonchev–Trinajstić information content (AvgIpc) is 3.35. The van der Waals surface area contributed by atoms with Crippen molar-refractivity contribution in [1.29, 1.82) is 0 Å². The van der Waals surface area contributed by atoms with Crippen LogP contribution in [0.15, 0.2) is 60.7 Å². The molecule has 4 heterocycles. The maximum Gasteiger partial charge on any atom is 0.231 e. The molecule has 2 aromatic carbocycles. The number of hydrogen-bond acceptors (Lipinski definition) is 6. The van der Waals surface area contributed by atoms with E-state index in [9.17, 15) is 4.79 Å². The quantitative estimate of drug-likeness (QED) is 0.449. The van der Waals surface area contributed by atoms with E-state index in [-0.39, 0.29) is 5.91 Å². The summed E-state index contributed by atoms with van der Waals surface area (Å²) >= 11 is 0. The summed E-state index contributed by atoms with van der Waals surface area (Å²) in [4.78, 5) is 27.7. The number of H-pyrrole nitrogens is 1. The summed E-state index contributed by atoms with van der Waals surface area (Å²) < 4.78 is 0. The molecule has 1 fully saturated rings. The van der Waals surface area contributed by atoms with Crippen molar-refractivity contribution in [3.63, 3.8) is 0 Å². The molecule has 8 heteroatoms. The lowest BCUT2D eigenvalue weighted by molar-refractivity contribution is -0.122. The van der Waals surface area contributed by atoms with Crippen LogP contribution in [0.2, 0.25) is 0 Å². The summed E-state index contributed by atoms with van der Waals surface area (Å²) in [6.07, 6.45) is 3.56. The zero-order chi connectivity index (χ0) is 23.6. The monoisotopic (exact) mass is 467 g/mol. The second-order valence-electron chi connectivity index (χ2n) is 9.35. The Balaban J connectivity index is 1.36. The molecule has 35 heavy (non-hydrogen) atoms. The first-order valence-electron chi connectivity index (χ1n) is 12.4. The summed E-state index contributed by atoms with van der Waals surface area (Å²) in [7, 11) is 0. The number of benzene rings is 2. The van der Waals surface area contributed by atoms with Gasteiger partial charge < -0.3 is 15.1 Å². The van der Waals surface area contributed by atoms with Crippen molar-refractivity contribution in [2.45, 2.75) is 38.3 Å². The first-order valence-corrected chi connectivity index (χ1v) is 12.4. The molecule has 1 unspecified atom stereocenters. The number of aromatic nitrogens is 4. The van der Waals surface area contributed by atoms with E-state index in [0.717, 1.165) is 54.3 Å². The lowest BCUT2D eigenvalue weighted by Crippen LogP contribution is -2.40. The number of hydrogen-bond donors (Lipinski definition) is 2. The van der Waals surface area contributed by atoms with E-state index in [1.807, 2.05) is 48.5 Å². The van der Waals surface area contributed by atoms with Crippen molar-refractivity contribution in [3.8, 4) is 0 Å². The summed E-state index contributed by atoms with van der Waals surface area (Å²) in [5.41, 5.74) is 3.67. The number of aromatic amines is 1. The molecule has 2 N–H and O–H groups in total. The van der Waals surface area contributed by atoms with Crippen LogP contribution in [-0.2, 0) is 17.9 Å². The van der Waals surface area contributed by atoms with E-state index in [4.69, 9.17) is 9.97 Å². The molecule has 1 amide bonds. The second kappa shape index (κ2) is 9.37.